The summed E-state index contributed by atoms with van der Waals surface area (Å²) < 4.78 is 0. The van der Waals surface area contributed by atoms with Gasteiger partial charge < -0.3 is 10.2 Å². The molecule has 5 nitrogen and oxygen atoms in total. The van der Waals surface area contributed by atoms with E-state index < -0.39 is 0 Å². The largest absolute Gasteiger partial charge is 0.369 e. The fourth-order valence-electron chi connectivity index (χ4n) is 3.53. The molecule has 1 N–H and O–H groups in total. The molecule has 1 saturated heterocycles. The third kappa shape index (κ3) is 5.84. The average Bonchev–Trinajstić information content (AvgIpc) is 2.80. The molecular weight excluding hydrogens is 392 g/mol. The van der Waals surface area contributed by atoms with E-state index in [-0.39, 0.29) is 5.91 Å². The number of anilines is 2. The lowest BCUT2D eigenvalue weighted by atomic mass is 10.2. The van der Waals surface area contributed by atoms with E-state index in [2.05, 4.69) is 62.6 Å². The number of pyridine rings is 1. The second-order valence-electron chi connectivity index (χ2n) is 7.30. The van der Waals surface area contributed by atoms with Gasteiger partial charge in [-0.3, -0.25) is 9.69 Å². The van der Waals surface area contributed by atoms with Gasteiger partial charge in [-0.1, -0.05) is 48.2 Å². The summed E-state index contributed by atoms with van der Waals surface area (Å²) in [5.74, 6) is 0.329. The standard InChI is InChI=1S/C24H26N4OS/c29-23(19-30-24-8-4-5-13-25-24)26-21-9-11-22(12-10-21)28-16-14-27(15-17-28)18-20-6-2-1-3-7-20/h1-13H,14-19H2,(H,26,29). The molecule has 0 radical (unpaired) electrons. The number of carbonyl (C=O) groups is 1. The van der Waals surface area contributed by atoms with Crippen molar-refractivity contribution in [3.05, 3.63) is 84.6 Å². The zero-order chi connectivity index (χ0) is 20.6. The number of aromatic nitrogens is 1. The van der Waals surface area contributed by atoms with Crippen molar-refractivity contribution in [2.45, 2.75) is 11.6 Å². The lowest BCUT2D eigenvalue weighted by Crippen LogP contribution is -2.45. The number of hydrogen-bond donors (Lipinski definition) is 1. The van der Waals surface area contributed by atoms with Gasteiger partial charge in [0.2, 0.25) is 5.91 Å². The van der Waals surface area contributed by atoms with Crippen LogP contribution in [0.2, 0.25) is 0 Å². The van der Waals surface area contributed by atoms with E-state index in [1.54, 1.807) is 6.20 Å². The Labute approximate surface area is 182 Å². The van der Waals surface area contributed by atoms with E-state index in [0.717, 1.165) is 43.4 Å². The number of thioether (sulfide) groups is 1. The van der Waals surface area contributed by atoms with Crippen molar-refractivity contribution < 1.29 is 4.79 Å². The first kappa shape index (κ1) is 20.4. The Hall–Kier alpha value is -2.83. The topological polar surface area (TPSA) is 48.5 Å². The summed E-state index contributed by atoms with van der Waals surface area (Å²) in [5.41, 5.74) is 3.40. The van der Waals surface area contributed by atoms with E-state index in [9.17, 15) is 4.79 Å². The third-order valence-electron chi connectivity index (χ3n) is 5.13. The van der Waals surface area contributed by atoms with Crippen LogP contribution in [0.1, 0.15) is 5.56 Å². The molecule has 0 bridgehead atoms. The van der Waals surface area contributed by atoms with Crippen molar-refractivity contribution in [3.63, 3.8) is 0 Å². The number of nitrogens with zero attached hydrogens (tertiary/aromatic N) is 3. The molecule has 0 aliphatic carbocycles. The highest BCUT2D eigenvalue weighted by Crippen LogP contribution is 2.21. The summed E-state index contributed by atoms with van der Waals surface area (Å²) in [6.07, 6.45) is 1.74. The molecule has 1 aliphatic rings. The van der Waals surface area contributed by atoms with Gasteiger partial charge in [0, 0.05) is 50.3 Å². The molecule has 1 amide bonds. The summed E-state index contributed by atoms with van der Waals surface area (Å²) in [4.78, 5) is 21.3. The Balaban J connectivity index is 1.23. The van der Waals surface area contributed by atoms with E-state index >= 15 is 0 Å². The van der Waals surface area contributed by atoms with E-state index in [4.69, 9.17) is 0 Å². The molecule has 1 aromatic heterocycles. The van der Waals surface area contributed by atoms with Gasteiger partial charge in [-0.05, 0) is 42.0 Å². The molecule has 3 aromatic rings. The SMILES string of the molecule is O=C(CSc1ccccn1)Nc1ccc(N2CCN(Cc3ccccc3)CC2)cc1. The Morgan fingerprint density at radius 3 is 2.33 bits per heavy atom. The summed E-state index contributed by atoms with van der Waals surface area (Å²) in [7, 11) is 0. The fraction of sp³-hybridized carbons (Fsp3) is 0.250. The van der Waals surface area contributed by atoms with Gasteiger partial charge in [0.05, 0.1) is 10.8 Å². The molecule has 2 aromatic carbocycles. The maximum absolute atomic E-state index is 12.2. The molecule has 1 aliphatic heterocycles. The van der Waals surface area contributed by atoms with Gasteiger partial charge in [0.15, 0.2) is 0 Å². The van der Waals surface area contributed by atoms with Crippen LogP contribution in [-0.2, 0) is 11.3 Å². The minimum absolute atomic E-state index is 0.0204. The highest BCUT2D eigenvalue weighted by molar-refractivity contribution is 7.99. The monoisotopic (exact) mass is 418 g/mol. The van der Waals surface area contributed by atoms with Crippen LogP contribution in [0.3, 0.4) is 0 Å². The second kappa shape index (κ2) is 10.3. The first-order valence-electron chi connectivity index (χ1n) is 10.2. The summed E-state index contributed by atoms with van der Waals surface area (Å²) in [6.45, 7) is 5.14. The predicted molar refractivity (Wildman–Crippen MR) is 124 cm³/mol. The first-order chi connectivity index (χ1) is 14.8. The molecule has 0 saturated carbocycles. The maximum Gasteiger partial charge on any atom is 0.234 e. The van der Waals surface area contributed by atoms with Gasteiger partial charge in [0.1, 0.15) is 0 Å². The van der Waals surface area contributed by atoms with Gasteiger partial charge in [-0.2, -0.15) is 0 Å². The van der Waals surface area contributed by atoms with Gasteiger partial charge in [-0.15, -0.1) is 0 Å². The van der Waals surface area contributed by atoms with Gasteiger partial charge in [-0.25, -0.2) is 4.98 Å². The molecule has 0 atom stereocenters. The normalized spacial score (nSPS) is 14.5. The fourth-order valence-corrected chi connectivity index (χ4v) is 4.19. The van der Waals surface area contributed by atoms with Crippen LogP contribution >= 0.6 is 11.8 Å². The number of nitrogens with one attached hydrogen (secondary N) is 1. The van der Waals surface area contributed by atoms with Crippen LogP contribution in [0.5, 0.6) is 0 Å². The quantitative estimate of drug-likeness (QED) is 0.585. The van der Waals surface area contributed by atoms with Crippen molar-refractivity contribution in [3.8, 4) is 0 Å². The zero-order valence-corrected chi connectivity index (χ0v) is 17.7. The molecule has 0 unspecified atom stereocenters. The molecule has 0 spiro atoms. The van der Waals surface area contributed by atoms with Crippen LogP contribution in [-0.4, -0.2) is 47.7 Å². The average molecular weight is 419 g/mol. The predicted octanol–water partition coefficient (Wildman–Crippen LogP) is 4.13. The summed E-state index contributed by atoms with van der Waals surface area (Å²) in [5, 5.41) is 3.82. The number of piperazine rings is 1. The highest BCUT2D eigenvalue weighted by Gasteiger charge is 2.17. The van der Waals surface area contributed by atoms with E-state index in [1.165, 1.54) is 23.0 Å². The molecule has 1 fully saturated rings. The number of carbonyl (C=O) groups excluding carboxylic acids is 1. The number of amides is 1. The van der Waals surface area contributed by atoms with Gasteiger partial charge in [0.25, 0.3) is 0 Å². The molecule has 154 valence electrons. The minimum Gasteiger partial charge on any atom is -0.369 e. The Morgan fingerprint density at radius 2 is 1.63 bits per heavy atom. The third-order valence-corrected chi connectivity index (χ3v) is 6.07. The highest BCUT2D eigenvalue weighted by atomic mass is 32.2. The van der Waals surface area contributed by atoms with Crippen molar-refractivity contribution in [2.75, 3.05) is 42.1 Å². The van der Waals surface area contributed by atoms with Gasteiger partial charge >= 0.3 is 0 Å². The van der Waals surface area contributed by atoms with Crippen LogP contribution in [0.25, 0.3) is 0 Å². The van der Waals surface area contributed by atoms with Crippen molar-refractivity contribution >= 4 is 29.0 Å². The van der Waals surface area contributed by atoms with Crippen LogP contribution in [0, 0.1) is 0 Å². The molecule has 30 heavy (non-hydrogen) atoms. The number of rotatable bonds is 7. The summed E-state index contributed by atoms with van der Waals surface area (Å²) in [6, 6.07) is 24.5. The van der Waals surface area contributed by atoms with E-state index in [1.807, 2.05) is 30.3 Å². The van der Waals surface area contributed by atoms with Crippen molar-refractivity contribution in [1.82, 2.24) is 9.88 Å². The van der Waals surface area contributed by atoms with Crippen molar-refractivity contribution in [2.24, 2.45) is 0 Å². The lowest BCUT2D eigenvalue weighted by Gasteiger charge is -2.36. The lowest BCUT2D eigenvalue weighted by molar-refractivity contribution is -0.113. The maximum atomic E-state index is 12.2. The second-order valence-corrected chi connectivity index (χ2v) is 8.30. The molecule has 2 heterocycles. The molecular formula is C24H26N4OS. The van der Waals surface area contributed by atoms with E-state index in [0.29, 0.717) is 5.75 Å². The Bertz CT molecular complexity index is 926. The zero-order valence-electron chi connectivity index (χ0n) is 16.9. The van der Waals surface area contributed by atoms with Crippen LogP contribution in [0.15, 0.2) is 84.0 Å². The minimum atomic E-state index is -0.0204. The Morgan fingerprint density at radius 1 is 0.900 bits per heavy atom. The Kier molecular flexibility index (Phi) is 7.00. The van der Waals surface area contributed by atoms with Crippen LogP contribution in [0.4, 0.5) is 11.4 Å². The van der Waals surface area contributed by atoms with Crippen molar-refractivity contribution in [1.29, 1.82) is 0 Å². The molecule has 4 rings (SSSR count). The summed E-state index contributed by atoms with van der Waals surface area (Å²) >= 11 is 1.44. The first-order valence-corrected chi connectivity index (χ1v) is 11.2. The number of hydrogen-bond acceptors (Lipinski definition) is 5. The molecule has 6 heteroatoms. The smallest absolute Gasteiger partial charge is 0.234 e. The van der Waals surface area contributed by atoms with Crippen LogP contribution < -0.4 is 10.2 Å². The number of benzene rings is 2.